The molecule has 0 spiro atoms. The van der Waals surface area contributed by atoms with E-state index >= 15 is 0 Å². The molecule has 0 fully saturated rings. The number of esters is 1. The summed E-state index contributed by atoms with van der Waals surface area (Å²) in [6.45, 7) is 1.62. The second kappa shape index (κ2) is 5.72. The predicted octanol–water partition coefficient (Wildman–Crippen LogP) is 3.01. The number of rotatable bonds is 3. The monoisotopic (exact) mass is 290 g/mol. The number of thiophene rings is 1. The van der Waals surface area contributed by atoms with Crippen LogP contribution in [0.15, 0.2) is 24.3 Å². The van der Waals surface area contributed by atoms with Gasteiger partial charge in [-0.1, -0.05) is 6.07 Å². The first-order chi connectivity index (χ1) is 9.51. The smallest absolute Gasteiger partial charge is 0.348 e. The zero-order chi connectivity index (χ0) is 14.7. The van der Waals surface area contributed by atoms with E-state index in [0.29, 0.717) is 10.6 Å². The van der Waals surface area contributed by atoms with E-state index in [2.05, 4.69) is 0 Å². The maximum Gasteiger partial charge on any atom is 0.348 e. The third-order valence-electron chi connectivity index (χ3n) is 2.70. The van der Waals surface area contributed by atoms with Gasteiger partial charge in [-0.15, -0.1) is 11.3 Å². The zero-order valence-electron chi connectivity index (χ0n) is 10.6. The molecule has 0 atom stereocenters. The average molecular weight is 290 g/mol. The summed E-state index contributed by atoms with van der Waals surface area (Å²) in [7, 11) is 0. The maximum atomic E-state index is 13.6. The second-order valence-corrected chi connectivity index (χ2v) is 5.37. The van der Waals surface area contributed by atoms with Crippen LogP contribution in [-0.4, -0.2) is 5.97 Å². The molecule has 0 aliphatic carbocycles. The highest BCUT2D eigenvalue weighted by Gasteiger charge is 2.13. The molecule has 2 aromatic rings. The highest BCUT2D eigenvalue weighted by molar-refractivity contribution is 7.14. The van der Waals surface area contributed by atoms with E-state index in [1.807, 2.05) is 6.07 Å². The Morgan fingerprint density at radius 3 is 2.80 bits per heavy atom. The van der Waals surface area contributed by atoms with Crippen LogP contribution in [0.3, 0.4) is 0 Å². The van der Waals surface area contributed by atoms with Gasteiger partial charge in [0.2, 0.25) is 0 Å². The number of ether oxygens (including phenoxy) is 1. The number of nitrogens with two attached hydrogens (primary N) is 1. The fourth-order valence-corrected chi connectivity index (χ4v) is 2.38. The summed E-state index contributed by atoms with van der Waals surface area (Å²) in [5.74, 6) is -1.11. The lowest BCUT2D eigenvalue weighted by atomic mass is 10.1. The van der Waals surface area contributed by atoms with Crippen molar-refractivity contribution in [2.24, 2.45) is 0 Å². The number of hydrogen-bond acceptors (Lipinski definition) is 5. The van der Waals surface area contributed by atoms with E-state index in [1.165, 1.54) is 29.5 Å². The molecule has 0 saturated heterocycles. The highest BCUT2D eigenvalue weighted by Crippen LogP contribution is 2.24. The molecular weight excluding hydrogens is 279 g/mol. The lowest BCUT2D eigenvalue weighted by Gasteiger charge is -2.04. The summed E-state index contributed by atoms with van der Waals surface area (Å²) in [5.41, 5.74) is 6.63. The van der Waals surface area contributed by atoms with Gasteiger partial charge < -0.3 is 10.5 Å². The fourth-order valence-electron chi connectivity index (χ4n) is 1.55. The fraction of sp³-hybridized carbons (Fsp3) is 0.143. The van der Waals surface area contributed by atoms with Gasteiger partial charge in [-0.2, -0.15) is 5.26 Å². The Morgan fingerprint density at radius 2 is 2.25 bits per heavy atom. The number of carbonyl (C=O) groups is 1. The van der Waals surface area contributed by atoms with Gasteiger partial charge >= 0.3 is 5.97 Å². The number of hydrogen-bond donors (Lipinski definition) is 1. The van der Waals surface area contributed by atoms with Crippen LogP contribution in [0.2, 0.25) is 0 Å². The molecule has 2 N–H and O–H groups in total. The Kier molecular flexibility index (Phi) is 4.01. The quantitative estimate of drug-likeness (QED) is 0.882. The van der Waals surface area contributed by atoms with Gasteiger partial charge in [0.05, 0.1) is 11.6 Å². The number of benzene rings is 1. The zero-order valence-corrected chi connectivity index (χ0v) is 11.5. The standard InChI is InChI=1S/C14H11FN2O2S/c1-8-12(17)5-13(20-8)14(18)19-7-10-3-2-9(6-16)4-11(10)15/h2-5H,7,17H2,1H3. The first-order valence-corrected chi connectivity index (χ1v) is 6.54. The van der Waals surface area contributed by atoms with E-state index < -0.39 is 11.8 Å². The summed E-state index contributed by atoms with van der Waals surface area (Å²) < 4.78 is 18.6. The molecule has 4 nitrogen and oxygen atoms in total. The van der Waals surface area contributed by atoms with Crippen molar-refractivity contribution in [1.29, 1.82) is 5.26 Å². The van der Waals surface area contributed by atoms with Crippen LogP contribution in [0.4, 0.5) is 10.1 Å². The van der Waals surface area contributed by atoms with Crippen molar-refractivity contribution < 1.29 is 13.9 Å². The van der Waals surface area contributed by atoms with Crippen LogP contribution < -0.4 is 5.73 Å². The van der Waals surface area contributed by atoms with E-state index in [4.69, 9.17) is 15.7 Å². The predicted molar refractivity (Wildman–Crippen MR) is 73.7 cm³/mol. The summed E-state index contributed by atoms with van der Waals surface area (Å²) in [6.07, 6.45) is 0. The Hall–Kier alpha value is -2.39. The van der Waals surface area contributed by atoms with Crippen molar-refractivity contribution in [2.45, 2.75) is 13.5 Å². The van der Waals surface area contributed by atoms with Crippen LogP contribution in [-0.2, 0) is 11.3 Å². The molecule has 0 radical (unpaired) electrons. The minimum atomic E-state index is -0.571. The molecule has 6 heteroatoms. The number of nitrogens with zero attached hydrogens (tertiary/aromatic N) is 1. The average Bonchev–Trinajstić information content (AvgIpc) is 2.77. The van der Waals surface area contributed by atoms with Crippen LogP contribution in [0.5, 0.6) is 0 Å². The molecule has 0 saturated carbocycles. The summed E-state index contributed by atoms with van der Waals surface area (Å²) in [4.78, 5) is 13.0. The van der Waals surface area contributed by atoms with E-state index in [0.717, 1.165) is 10.9 Å². The number of nitrogen functional groups attached to an aromatic ring is 1. The summed E-state index contributed by atoms with van der Waals surface area (Å²) in [5, 5.41) is 8.64. The third-order valence-corrected chi connectivity index (χ3v) is 3.74. The van der Waals surface area contributed by atoms with Crippen molar-refractivity contribution in [2.75, 3.05) is 5.73 Å². The number of carbonyl (C=O) groups excluding carboxylic acids is 1. The number of halogens is 1. The number of aryl methyl sites for hydroxylation is 1. The molecule has 0 aliphatic rings. The first-order valence-electron chi connectivity index (χ1n) is 5.73. The van der Waals surface area contributed by atoms with Crippen molar-refractivity contribution in [3.63, 3.8) is 0 Å². The van der Waals surface area contributed by atoms with Crippen molar-refractivity contribution in [1.82, 2.24) is 0 Å². The number of nitriles is 1. The highest BCUT2D eigenvalue weighted by atomic mass is 32.1. The number of anilines is 1. The van der Waals surface area contributed by atoms with Crippen LogP contribution in [0.25, 0.3) is 0 Å². The molecule has 1 heterocycles. The van der Waals surface area contributed by atoms with Crippen molar-refractivity contribution >= 4 is 23.0 Å². The van der Waals surface area contributed by atoms with Gasteiger partial charge in [0.1, 0.15) is 17.3 Å². The van der Waals surface area contributed by atoms with E-state index in [-0.39, 0.29) is 17.7 Å². The van der Waals surface area contributed by atoms with Gasteiger partial charge in [0.25, 0.3) is 0 Å². The summed E-state index contributed by atoms with van der Waals surface area (Å²) in [6, 6.07) is 7.38. The molecule has 0 amide bonds. The normalized spacial score (nSPS) is 10.1. The minimum Gasteiger partial charge on any atom is -0.457 e. The Balaban J connectivity index is 2.05. The van der Waals surface area contributed by atoms with Crippen LogP contribution >= 0.6 is 11.3 Å². The van der Waals surface area contributed by atoms with Crippen LogP contribution in [0.1, 0.15) is 25.7 Å². The molecule has 102 valence electrons. The van der Waals surface area contributed by atoms with Gasteiger partial charge in [-0.3, -0.25) is 0 Å². The molecular formula is C14H11FN2O2S. The Morgan fingerprint density at radius 1 is 1.50 bits per heavy atom. The molecule has 1 aromatic heterocycles. The molecule has 0 unspecified atom stereocenters. The lowest BCUT2D eigenvalue weighted by Crippen LogP contribution is -2.04. The van der Waals surface area contributed by atoms with Crippen LogP contribution in [0, 0.1) is 24.1 Å². The molecule has 2 rings (SSSR count). The van der Waals surface area contributed by atoms with Gasteiger partial charge in [0, 0.05) is 16.1 Å². The molecule has 20 heavy (non-hydrogen) atoms. The molecule has 0 bridgehead atoms. The molecule has 0 aliphatic heterocycles. The van der Waals surface area contributed by atoms with Crippen molar-refractivity contribution in [3.05, 3.63) is 51.0 Å². The Bertz CT molecular complexity index is 684. The third kappa shape index (κ3) is 2.95. The topological polar surface area (TPSA) is 76.1 Å². The lowest BCUT2D eigenvalue weighted by molar-refractivity contribution is 0.0475. The minimum absolute atomic E-state index is 0.187. The maximum absolute atomic E-state index is 13.6. The Labute approximate surface area is 119 Å². The molecule has 1 aromatic carbocycles. The van der Waals surface area contributed by atoms with Gasteiger partial charge in [-0.05, 0) is 25.1 Å². The van der Waals surface area contributed by atoms with Gasteiger partial charge in [0.15, 0.2) is 0 Å². The summed E-state index contributed by atoms with van der Waals surface area (Å²) >= 11 is 1.23. The van der Waals surface area contributed by atoms with E-state index in [9.17, 15) is 9.18 Å². The SMILES string of the molecule is Cc1sc(C(=O)OCc2ccc(C#N)cc2F)cc1N. The first kappa shape index (κ1) is 14.0. The van der Waals surface area contributed by atoms with E-state index in [1.54, 1.807) is 6.92 Å². The second-order valence-electron chi connectivity index (χ2n) is 4.12. The largest absolute Gasteiger partial charge is 0.457 e. The van der Waals surface area contributed by atoms with Crippen molar-refractivity contribution in [3.8, 4) is 6.07 Å². The van der Waals surface area contributed by atoms with Gasteiger partial charge in [-0.25, -0.2) is 9.18 Å².